The molecule has 0 aliphatic carbocycles. The van der Waals surface area contributed by atoms with Crippen LogP contribution in [0.3, 0.4) is 0 Å². The third kappa shape index (κ3) is 5.30. The normalized spacial score (nSPS) is 13.4. The van der Waals surface area contributed by atoms with Crippen LogP contribution in [0, 0.1) is 11.8 Å². The second kappa shape index (κ2) is 6.18. The van der Waals surface area contributed by atoms with Crippen LogP contribution in [0.5, 0.6) is 0 Å². The number of rotatable bonds is 6. The van der Waals surface area contributed by atoms with Gasteiger partial charge in [0.2, 0.25) is 0 Å². The lowest BCUT2D eigenvalue weighted by Crippen LogP contribution is -2.12. The maximum Gasteiger partial charge on any atom is 0.135 e. The third-order valence-electron chi connectivity index (χ3n) is 2.01. The minimum atomic E-state index is 0.176. The van der Waals surface area contributed by atoms with Gasteiger partial charge in [0.25, 0.3) is 0 Å². The van der Waals surface area contributed by atoms with Gasteiger partial charge in [-0.1, -0.05) is 20.8 Å². The van der Waals surface area contributed by atoms with Crippen LogP contribution in [0.1, 0.15) is 33.6 Å². The molecule has 1 atom stereocenters. The van der Waals surface area contributed by atoms with E-state index in [0.29, 0.717) is 18.1 Å². The zero-order valence-corrected chi connectivity index (χ0v) is 8.59. The Bertz CT molecular complexity index is 130. The van der Waals surface area contributed by atoms with Gasteiger partial charge in [0.1, 0.15) is 5.78 Å². The monoisotopic (exact) mass is 172 g/mol. The number of hydrogen-bond acceptors (Lipinski definition) is 2. The van der Waals surface area contributed by atoms with Crippen LogP contribution >= 0.6 is 0 Å². The molecule has 1 unspecified atom stereocenters. The number of Topliss-reactive ketones (excluding diaryl/α,β-unsaturated/α-hetero) is 1. The van der Waals surface area contributed by atoms with Gasteiger partial charge in [0.05, 0.1) is 0 Å². The van der Waals surface area contributed by atoms with E-state index < -0.39 is 0 Å². The Morgan fingerprint density at radius 3 is 2.33 bits per heavy atom. The van der Waals surface area contributed by atoms with Gasteiger partial charge in [-0.3, -0.25) is 4.79 Å². The van der Waals surface area contributed by atoms with Crippen LogP contribution in [0.4, 0.5) is 0 Å². The molecule has 0 rings (SSSR count). The molecule has 0 bridgehead atoms. The molecule has 0 fully saturated rings. The quantitative estimate of drug-likeness (QED) is 0.614. The van der Waals surface area contributed by atoms with Gasteiger partial charge in [-0.25, -0.2) is 0 Å². The Morgan fingerprint density at radius 2 is 1.92 bits per heavy atom. The van der Waals surface area contributed by atoms with Crippen molar-refractivity contribution in [3.63, 3.8) is 0 Å². The molecule has 0 aliphatic rings. The topological polar surface area (TPSA) is 26.3 Å². The fourth-order valence-electron chi connectivity index (χ4n) is 1.00. The second-order valence-corrected chi connectivity index (χ2v) is 3.71. The largest absolute Gasteiger partial charge is 0.385 e. The van der Waals surface area contributed by atoms with Crippen molar-refractivity contribution in [3.8, 4) is 0 Å². The Kier molecular flexibility index (Phi) is 5.99. The van der Waals surface area contributed by atoms with Gasteiger partial charge in [-0.15, -0.1) is 0 Å². The van der Waals surface area contributed by atoms with E-state index in [-0.39, 0.29) is 5.92 Å². The highest BCUT2D eigenvalue weighted by molar-refractivity contribution is 5.80. The highest BCUT2D eigenvalue weighted by Gasteiger charge is 2.11. The van der Waals surface area contributed by atoms with E-state index >= 15 is 0 Å². The molecule has 0 aromatic rings. The fraction of sp³-hybridized carbons (Fsp3) is 0.900. The summed E-state index contributed by atoms with van der Waals surface area (Å²) in [7, 11) is 1.69. The summed E-state index contributed by atoms with van der Waals surface area (Å²) >= 11 is 0. The Hall–Kier alpha value is -0.370. The molecule has 2 heteroatoms. The maximum absolute atomic E-state index is 11.3. The van der Waals surface area contributed by atoms with Crippen molar-refractivity contribution in [2.24, 2.45) is 11.8 Å². The standard InChI is InChI=1S/C10H20O2/c1-8(2)10(11)7-9(3)5-6-12-4/h8-9H,5-7H2,1-4H3. The molecule has 0 radical (unpaired) electrons. The molecule has 12 heavy (non-hydrogen) atoms. The van der Waals surface area contributed by atoms with Gasteiger partial charge in [0.15, 0.2) is 0 Å². The third-order valence-corrected chi connectivity index (χ3v) is 2.01. The molecule has 0 heterocycles. The first-order valence-electron chi connectivity index (χ1n) is 4.59. The van der Waals surface area contributed by atoms with Crippen molar-refractivity contribution in [2.45, 2.75) is 33.6 Å². The summed E-state index contributed by atoms with van der Waals surface area (Å²) in [5.74, 6) is 0.994. The number of carbonyl (C=O) groups is 1. The fourth-order valence-corrected chi connectivity index (χ4v) is 1.00. The SMILES string of the molecule is COCCC(C)CC(=O)C(C)C. The Morgan fingerprint density at radius 1 is 1.33 bits per heavy atom. The van der Waals surface area contributed by atoms with Crippen LogP contribution in [-0.2, 0) is 9.53 Å². The predicted molar refractivity (Wildman–Crippen MR) is 50.1 cm³/mol. The van der Waals surface area contributed by atoms with Crippen LogP contribution < -0.4 is 0 Å². The highest BCUT2D eigenvalue weighted by Crippen LogP contribution is 2.11. The first-order chi connectivity index (χ1) is 5.57. The molecule has 0 aromatic heterocycles. The van der Waals surface area contributed by atoms with E-state index in [1.54, 1.807) is 7.11 Å². The number of ketones is 1. The Labute approximate surface area is 75.3 Å². The summed E-state index contributed by atoms with van der Waals surface area (Å²) in [5.41, 5.74) is 0. The maximum atomic E-state index is 11.3. The van der Waals surface area contributed by atoms with Crippen molar-refractivity contribution in [3.05, 3.63) is 0 Å². The summed E-state index contributed by atoms with van der Waals surface area (Å²) in [4.78, 5) is 11.3. The molecule has 0 aromatic carbocycles. The second-order valence-electron chi connectivity index (χ2n) is 3.71. The summed E-state index contributed by atoms with van der Waals surface area (Å²) in [5, 5.41) is 0. The van der Waals surface area contributed by atoms with E-state index in [1.807, 2.05) is 13.8 Å². The zero-order valence-electron chi connectivity index (χ0n) is 8.59. The predicted octanol–water partition coefficient (Wildman–Crippen LogP) is 2.27. The minimum absolute atomic E-state index is 0.176. The molecule has 72 valence electrons. The molecule has 0 N–H and O–H groups in total. The van der Waals surface area contributed by atoms with Crippen LogP contribution in [-0.4, -0.2) is 19.5 Å². The average Bonchev–Trinajstić information content (AvgIpc) is 2.00. The lowest BCUT2D eigenvalue weighted by atomic mass is 9.96. The molecule has 0 amide bonds. The van der Waals surface area contributed by atoms with E-state index in [1.165, 1.54) is 0 Å². The van der Waals surface area contributed by atoms with Crippen molar-refractivity contribution < 1.29 is 9.53 Å². The van der Waals surface area contributed by atoms with E-state index in [0.717, 1.165) is 13.0 Å². The number of methoxy groups -OCH3 is 1. The van der Waals surface area contributed by atoms with Gasteiger partial charge >= 0.3 is 0 Å². The molecular formula is C10H20O2. The summed E-state index contributed by atoms with van der Waals surface area (Å²) in [6, 6.07) is 0. The van der Waals surface area contributed by atoms with Crippen molar-refractivity contribution in [1.82, 2.24) is 0 Å². The molecule has 0 spiro atoms. The molecule has 0 saturated heterocycles. The first-order valence-corrected chi connectivity index (χ1v) is 4.59. The van der Waals surface area contributed by atoms with Gasteiger partial charge in [0, 0.05) is 26.1 Å². The number of ether oxygens (including phenoxy) is 1. The minimum Gasteiger partial charge on any atom is -0.385 e. The summed E-state index contributed by atoms with van der Waals surface area (Å²) in [6.45, 7) is 6.75. The van der Waals surface area contributed by atoms with E-state index in [2.05, 4.69) is 6.92 Å². The van der Waals surface area contributed by atoms with Crippen molar-refractivity contribution in [2.75, 3.05) is 13.7 Å². The number of carbonyl (C=O) groups excluding carboxylic acids is 1. The van der Waals surface area contributed by atoms with E-state index in [9.17, 15) is 4.79 Å². The van der Waals surface area contributed by atoms with Crippen LogP contribution in [0.2, 0.25) is 0 Å². The molecular weight excluding hydrogens is 152 g/mol. The average molecular weight is 172 g/mol. The van der Waals surface area contributed by atoms with Gasteiger partial charge < -0.3 is 4.74 Å². The smallest absolute Gasteiger partial charge is 0.135 e. The molecule has 0 saturated carbocycles. The zero-order chi connectivity index (χ0) is 9.56. The molecule has 2 nitrogen and oxygen atoms in total. The summed E-state index contributed by atoms with van der Waals surface area (Å²) < 4.78 is 4.94. The van der Waals surface area contributed by atoms with Crippen LogP contribution in [0.25, 0.3) is 0 Å². The first kappa shape index (κ1) is 11.6. The molecule has 0 aliphatic heterocycles. The lowest BCUT2D eigenvalue weighted by molar-refractivity contribution is -0.122. The number of hydrogen-bond donors (Lipinski definition) is 0. The van der Waals surface area contributed by atoms with Crippen molar-refractivity contribution >= 4 is 5.78 Å². The Balaban J connectivity index is 3.54. The van der Waals surface area contributed by atoms with Gasteiger partial charge in [-0.2, -0.15) is 0 Å². The van der Waals surface area contributed by atoms with Crippen molar-refractivity contribution in [1.29, 1.82) is 0 Å². The van der Waals surface area contributed by atoms with E-state index in [4.69, 9.17) is 4.74 Å². The highest BCUT2D eigenvalue weighted by atomic mass is 16.5. The van der Waals surface area contributed by atoms with Gasteiger partial charge in [-0.05, 0) is 12.3 Å². The summed E-state index contributed by atoms with van der Waals surface area (Å²) in [6.07, 6.45) is 1.68. The van der Waals surface area contributed by atoms with Crippen LogP contribution in [0.15, 0.2) is 0 Å². The lowest BCUT2D eigenvalue weighted by Gasteiger charge is -2.10.